The van der Waals surface area contributed by atoms with Crippen molar-refractivity contribution in [2.75, 3.05) is 24.9 Å². The Morgan fingerprint density at radius 3 is 2.48 bits per heavy atom. The van der Waals surface area contributed by atoms with E-state index in [0.717, 1.165) is 15.8 Å². The number of carbonyl (C=O) groups is 1. The van der Waals surface area contributed by atoms with Gasteiger partial charge in [0.1, 0.15) is 17.3 Å². The molecule has 0 radical (unpaired) electrons. The van der Waals surface area contributed by atoms with Crippen LogP contribution in [-0.4, -0.2) is 36.1 Å². The summed E-state index contributed by atoms with van der Waals surface area (Å²) in [5.74, 6) is 0.343. The third-order valence-electron chi connectivity index (χ3n) is 5.56. The zero-order chi connectivity index (χ0) is 23.8. The van der Waals surface area contributed by atoms with Crippen LogP contribution in [0.4, 0.5) is 24.7 Å². The van der Waals surface area contributed by atoms with Gasteiger partial charge in [0, 0.05) is 18.6 Å². The van der Waals surface area contributed by atoms with E-state index in [9.17, 15) is 18.0 Å². The number of hydrogen-bond acceptors (Lipinski definition) is 5. The van der Waals surface area contributed by atoms with E-state index in [1.54, 1.807) is 30.3 Å². The van der Waals surface area contributed by atoms with E-state index >= 15 is 0 Å². The van der Waals surface area contributed by atoms with Gasteiger partial charge in [0.15, 0.2) is 11.7 Å². The Kier molecular flexibility index (Phi) is 5.92. The molecule has 0 saturated heterocycles. The van der Waals surface area contributed by atoms with Crippen LogP contribution in [0, 0.1) is 6.92 Å². The Hall–Kier alpha value is -3.69. The van der Waals surface area contributed by atoms with Crippen molar-refractivity contribution < 1.29 is 27.4 Å². The molecule has 2 heterocycles. The van der Waals surface area contributed by atoms with E-state index in [1.165, 1.54) is 20.3 Å². The van der Waals surface area contributed by atoms with Gasteiger partial charge in [0.2, 0.25) is 0 Å². The van der Waals surface area contributed by atoms with Gasteiger partial charge in [-0.1, -0.05) is 29.8 Å². The highest BCUT2D eigenvalue weighted by atomic mass is 19.4. The highest BCUT2D eigenvalue weighted by molar-refractivity contribution is 6.04. The largest absolute Gasteiger partial charge is 0.497 e. The molecular weight excluding hydrogens is 437 g/mol. The van der Waals surface area contributed by atoms with E-state index in [2.05, 4.69) is 15.7 Å². The minimum Gasteiger partial charge on any atom is -0.497 e. The zero-order valence-corrected chi connectivity index (χ0v) is 18.2. The van der Waals surface area contributed by atoms with Crippen molar-refractivity contribution in [2.24, 2.45) is 0 Å². The zero-order valence-electron chi connectivity index (χ0n) is 18.2. The van der Waals surface area contributed by atoms with Gasteiger partial charge in [0.05, 0.1) is 25.9 Å². The number of halogens is 3. The Balaban J connectivity index is 1.63. The molecule has 7 nitrogen and oxygen atoms in total. The molecule has 174 valence electrons. The lowest BCUT2D eigenvalue weighted by Crippen LogP contribution is -2.35. The molecule has 2 atom stereocenters. The Morgan fingerprint density at radius 1 is 1.12 bits per heavy atom. The highest BCUT2D eigenvalue weighted by Crippen LogP contribution is 2.43. The number of fused-ring (bicyclic) bond motifs is 1. The van der Waals surface area contributed by atoms with Crippen molar-refractivity contribution in [2.45, 2.75) is 31.6 Å². The molecule has 0 bridgehead atoms. The SMILES string of the molecule is COc1ccc(NC(=O)c2cc3n(n2)[C@H](C(F)(F)F)C[C@H](c2ccc(C)cc2)N3)c(OC)c1. The number of anilines is 2. The van der Waals surface area contributed by atoms with E-state index < -0.39 is 24.2 Å². The maximum atomic E-state index is 13.9. The first kappa shape index (κ1) is 22.5. The number of carbonyl (C=O) groups excluding carboxylic acids is 1. The van der Waals surface area contributed by atoms with Crippen molar-refractivity contribution in [3.63, 3.8) is 0 Å². The lowest BCUT2D eigenvalue weighted by molar-refractivity contribution is -0.173. The van der Waals surface area contributed by atoms with Crippen molar-refractivity contribution in [1.29, 1.82) is 0 Å². The van der Waals surface area contributed by atoms with Crippen molar-refractivity contribution in [3.05, 3.63) is 65.4 Å². The number of methoxy groups -OCH3 is 2. The number of aromatic nitrogens is 2. The molecule has 10 heteroatoms. The smallest absolute Gasteiger partial charge is 0.410 e. The number of nitrogens with one attached hydrogen (secondary N) is 2. The van der Waals surface area contributed by atoms with Gasteiger partial charge in [-0.25, -0.2) is 4.68 Å². The summed E-state index contributed by atoms with van der Waals surface area (Å²) in [5, 5.41) is 9.71. The molecule has 1 aromatic heterocycles. The van der Waals surface area contributed by atoms with Gasteiger partial charge in [-0.3, -0.25) is 4.79 Å². The van der Waals surface area contributed by atoms with Gasteiger partial charge in [-0.05, 0) is 24.6 Å². The Bertz CT molecular complexity index is 1160. The second-order valence-electron chi connectivity index (χ2n) is 7.78. The van der Waals surface area contributed by atoms with Gasteiger partial charge in [0.25, 0.3) is 5.91 Å². The Morgan fingerprint density at radius 2 is 1.85 bits per heavy atom. The number of hydrogen-bond donors (Lipinski definition) is 2. The number of aryl methyl sites for hydroxylation is 1. The maximum absolute atomic E-state index is 13.9. The number of nitrogens with zero attached hydrogens (tertiary/aromatic N) is 2. The minimum atomic E-state index is -4.53. The molecule has 2 N–H and O–H groups in total. The summed E-state index contributed by atoms with van der Waals surface area (Å²) in [6.07, 6.45) is -4.77. The van der Waals surface area contributed by atoms with Crippen LogP contribution in [0.2, 0.25) is 0 Å². The molecule has 0 aliphatic carbocycles. The molecule has 4 rings (SSSR count). The molecule has 33 heavy (non-hydrogen) atoms. The molecular formula is C23H23F3N4O3. The fourth-order valence-electron chi connectivity index (χ4n) is 3.79. The molecule has 1 aliphatic rings. The van der Waals surface area contributed by atoms with Crippen LogP contribution in [0.25, 0.3) is 0 Å². The van der Waals surface area contributed by atoms with Crippen LogP contribution >= 0.6 is 0 Å². The molecule has 0 unspecified atom stereocenters. The van der Waals surface area contributed by atoms with Gasteiger partial charge < -0.3 is 20.1 Å². The minimum absolute atomic E-state index is 0.126. The third kappa shape index (κ3) is 4.59. The first-order valence-electron chi connectivity index (χ1n) is 10.2. The molecule has 3 aromatic rings. The fourth-order valence-corrected chi connectivity index (χ4v) is 3.79. The molecule has 0 saturated carbocycles. The maximum Gasteiger partial charge on any atom is 0.410 e. The molecule has 1 aliphatic heterocycles. The van der Waals surface area contributed by atoms with Gasteiger partial charge >= 0.3 is 6.18 Å². The lowest BCUT2D eigenvalue weighted by atomic mass is 9.96. The highest BCUT2D eigenvalue weighted by Gasteiger charge is 2.46. The van der Waals surface area contributed by atoms with Crippen LogP contribution < -0.4 is 20.1 Å². The quantitative estimate of drug-likeness (QED) is 0.553. The first-order valence-corrected chi connectivity index (χ1v) is 10.2. The van der Waals surface area contributed by atoms with Crippen molar-refractivity contribution in [3.8, 4) is 11.5 Å². The number of rotatable bonds is 5. The van der Waals surface area contributed by atoms with E-state index in [1.807, 2.05) is 19.1 Å². The summed E-state index contributed by atoms with van der Waals surface area (Å²) in [4.78, 5) is 12.8. The lowest BCUT2D eigenvalue weighted by Gasteiger charge is -2.33. The molecule has 1 amide bonds. The molecule has 0 spiro atoms. The first-order chi connectivity index (χ1) is 15.7. The van der Waals surface area contributed by atoms with E-state index in [4.69, 9.17) is 9.47 Å². The Labute approximate surface area is 188 Å². The molecule has 2 aromatic carbocycles. The average molecular weight is 460 g/mol. The number of amides is 1. The third-order valence-corrected chi connectivity index (χ3v) is 5.56. The average Bonchev–Trinajstić information content (AvgIpc) is 3.22. The van der Waals surface area contributed by atoms with Crippen LogP contribution in [0.5, 0.6) is 11.5 Å². The van der Waals surface area contributed by atoms with Gasteiger partial charge in [-0.2, -0.15) is 18.3 Å². The standard InChI is InChI=1S/C23H23F3N4O3/c1-13-4-6-14(7-5-13)17-11-20(23(24,25)26)30-21(27-17)12-18(29-30)22(31)28-16-9-8-15(32-2)10-19(16)33-3/h4-10,12,17,20,27H,11H2,1-3H3,(H,28,31)/t17-,20+/m1/s1. The van der Waals surface area contributed by atoms with E-state index in [-0.39, 0.29) is 17.9 Å². The summed E-state index contributed by atoms with van der Waals surface area (Å²) >= 11 is 0. The topological polar surface area (TPSA) is 77.4 Å². The summed E-state index contributed by atoms with van der Waals surface area (Å²) in [5.41, 5.74) is 1.94. The van der Waals surface area contributed by atoms with Crippen LogP contribution in [0.15, 0.2) is 48.5 Å². The summed E-state index contributed by atoms with van der Waals surface area (Å²) in [6.45, 7) is 1.91. The number of ether oxygens (including phenoxy) is 2. The van der Waals surface area contributed by atoms with E-state index in [0.29, 0.717) is 17.2 Å². The monoisotopic (exact) mass is 460 g/mol. The second kappa shape index (κ2) is 8.68. The van der Waals surface area contributed by atoms with Crippen LogP contribution in [-0.2, 0) is 0 Å². The normalized spacial score (nSPS) is 17.6. The van der Waals surface area contributed by atoms with Crippen molar-refractivity contribution >= 4 is 17.4 Å². The van der Waals surface area contributed by atoms with Crippen LogP contribution in [0.1, 0.15) is 40.1 Å². The summed E-state index contributed by atoms with van der Waals surface area (Å²) < 4.78 is 52.9. The summed E-state index contributed by atoms with van der Waals surface area (Å²) in [7, 11) is 2.93. The number of alkyl halides is 3. The number of benzene rings is 2. The summed E-state index contributed by atoms with van der Waals surface area (Å²) in [6, 6.07) is 11.0. The van der Waals surface area contributed by atoms with Crippen LogP contribution in [0.3, 0.4) is 0 Å². The second-order valence-corrected chi connectivity index (χ2v) is 7.78. The predicted molar refractivity (Wildman–Crippen MR) is 117 cm³/mol. The predicted octanol–water partition coefficient (Wildman–Crippen LogP) is 5.12. The molecule has 0 fully saturated rings. The fraction of sp³-hybridized carbons (Fsp3) is 0.304. The van der Waals surface area contributed by atoms with Crippen molar-refractivity contribution in [1.82, 2.24) is 9.78 Å². The van der Waals surface area contributed by atoms with Gasteiger partial charge in [-0.15, -0.1) is 0 Å².